The lowest BCUT2D eigenvalue weighted by atomic mass is 9.77. The molecule has 3 aromatic rings. The van der Waals surface area contributed by atoms with E-state index in [2.05, 4.69) is 26.0 Å². The Morgan fingerprint density at radius 1 is 0.795 bits per heavy atom. The minimum atomic E-state index is -0.387. The van der Waals surface area contributed by atoms with Gasteiger partial charge < -0.3 is 4.42 Å². The molecule has 0 bridgehead atoms. The van der Waals surface area contributed by atoms with Crippen molar-refractivity contribution in [3.8, 4) is 0 Å². The van der Waals surface area contributed by atoms with Crippen molar-refractivity contribution in [1.29, 1.82) is 0 Å². The van der Waals surface area contributed by atoms with E-state index in [-0.39, 0.29) is 22.4 Å². The summed E-state index contributed by atoms with van der Waals surface area (Å²) in [6, 6.07) is 16.7. The van der Waals surface area contributed by atoms with Crippen LogP contribution in [0.4, 0.5) is 5.69 Å². The van der Waals surface area contributed by atoms with E-state index in [0.29, 0.717) is 28.9 Å². The van der Waals surface area contributed by atoms with E-state index >= 15 is 0 Å². The van der Waals surface area contributed by atoms with Gasteiger partial charge in [-0.3, -0.25) is 14.9 Å². The molecule has 0 aliphatic heterocycles. The van der Waals surface area contributed by atoms with Gasteiger partial charge in [-0.05, 0) is 30.5 Å². The minimum Gasteiger partial charge on any atom is -0.460 e. The molecular weight excluding hydrogens is 486 g/mol. The highest BCUT2D eigenvalue weighted by atomic mass is 16.6. The van der Waals surface area contributed by atoms with Gasteiger partial charge in [-0.1, -0.05) is 121 Å². The maximum Gasteiger partial charge on any atom is 0.270 e. The Morgan fingerprint density at radius 2 is 1.41 bits per heavy atom. The molecule has 0 spiro atoms. The molecule has 1 heterocycles. The van der Waals surface area contributed by atoms with Crippen molar-refractivity contribution in [1.82, 2.24) is 0 Å². The molecule has 39 heavy (non-hydrogen) atoms. The Balaban J connectivity index is 1.66. The first-order valence-electron chi connectivity index (χ1n) is 15.3. The summed E-state index contributed by atoms with van der Waals surface area (Å²) in [6.45, 7) is 4.41. The first-order chi connectivity index (χ1) is 19.0. The number of unbranched alkanes of at least 4 members (excludes halogenated alkanes) is 11. The highest BCUT2D eigenvalue weighted by Gasteiger charge is 2.32. The molecule has 0 radical (unpaired) electrons. The van der Waals surface area contributed by atoms with E-state index < -0.39 is 0 Å². The lowest BCUT2D eigenvalue weighted by molar-refractivity contribution is -0.384. The molecule has 212 valence electrons. The van der Waals surface area contributed by atoms with Crippen molar-refractivity contribution >= 4 is 22.4 Å². The zero-order valence-corrected chi connectivity index (χ0v) is 24.0. The maximum absolute atomic E-state index is 13.7. The zero-order chi connectivity index (χ0) is 27.9. The average molecular weight is 534 g/mol. The molecule has 2 atom stereocenters. The quantitative estimate of drug-likeness (QED) is 0.0822. The number of Topliss-reactive ketones (excluding diaryl/α,β-unsaturated/α-hetero) is 1. The first-order valence-corrected chi connectivity index (χ1v) is 15.3. The molecule has 0 aliphatic rings. The molecule has 2 unspecified atom stereocenters. The highest BCUT2D eigenvalue weighted by molar-refractivity contribution is 5.84. The van der Waals surface area contributed by atoms with Crippen molar-refractivity contribution in [2.75, 3.05) is 0 Å². The number of rotatable bonds is 20. The van der Waals surface area contributed by atoms with Crippen molar-refractivity contribution < 1.29 is 14.1 Å². The van der Waals surface area contributed by atoms with Crippen molar-refractivity contribution in [3.05, 3.63) is 76.0 Å². The monoisotopic (exact) mass is 533 g/mol. The maximum atomic E-state index is 13.7. The van der Waals surface area contributed by atoms with Crippen LogP contribution in [0.5, 0.6) is 0 Å². The van der Waals surface area contributed by atoms with Crippen LogP contribution in [0.15, 0.2) is 59.0 Å². The average Bonchev–Trinajstić information content (AvgIpc) is 3.37. The Bertz CT molecular complexity index is 1140. The van der Waals surface area contributed by atoms with Crippen LogP contribution in [0.25, 0.3) is 11.0 Å². The topological polar surface area (TPSA) is 73.3 Å². The van der Waals surface area contributed by atoms with Crippen LogP contribution >= 0.6 is 0 Å². The van der Waals surface area contributed by atoms with E-state index in [1.165, 1.54) is 63.9 Å². The fourth-order valence-corrected chi connectivity index (χ4v) is 5.66. The molecule has 0 saturated heterocycles. The van der Waals surface area contributed by atoms with Gasteiger partial charge in [0.1, 0.15) is 17.1 Å². The summed E-state index contributed by atoms with van der Waals surface area (Å²) in [5.41, 5.74) is 1.71. The highest BCUT2D eigenvalue weighted by Crippen LogP contribution is 2.39. The molecule has 0 fully saturated rings. The Morgan fingerprint density at radius 3 is 2.03 bits per heavy atom. The number of carbonyl (C=O) groups is 1. The molecule has 1 aromatic heterocycles. The van der Waals surface area contributed by atoms with Gasteiger partial charge in [0, 0.05) is 29.9 Å². The third-order valence-corrected chi connectivity index (χ3v) is 7.91. The third kappa shape index (κ3) is 9.63. The number of fused-ring (bicyclic) bond motifs is 1. The molecule has 0 saturated carbocycles. The Labute approximate surface area is 234 Å². The summed E-state index contributed by atoms with van der Waals surface area (Å²) < 4.78 is 6.27. The molecule has 0 aliphatic carbocycles. The van der Waals surface area contributed by atoms with E-state index in [0.717, 1.165) is 37.7 Å². The lowest BCUT2D eigenvalue weighted by Gasteiger charge is -2.25. The molecular formula is C34H47NO4. The normalized spacial score (nSPS) is 13.0. The zero-order valence-electron chi connectivity index (χ0n) is 24.0. The second kappa shape index (κ2) is 16.9. The molecule has 0 N–H and O–H groups in total. The number of benzene rings is 2. The Kier molecular flexibility index (Phi) is 13.2. The van der Waals surface area contributed by atoms with Crippen molar-refractivity contribution in [2.24, 2.45) is 5.92 Å². The fourth-order valence-electron chi connectivity index (χ4n) is 5.66. The molecule has 5 nitrogen and oxygen atoms in total. The van der Waals surface area contributed by atoms with Crippen LogP contribution in [0.2, 0.25) is 0 Å². The van der Waals surface area contributed by atoms with Crippen LogP contribution in [0, 0.1) is 16.0 Å². The summed E-state index contributed by atoms with van der Waals surface area (Å²) in [5, 5.41) is 12.0. The van der Waals surface area contributed by atoms with Gasteiger partial charge in [0.15, 0.2) is 0 Å². The predicted molar refractivity (Wildman–Crippen MR) is 160 cm³/mol. The summed E-state index contributed by atoms with van der Waals surface area (Å²) in [6.07, 6.45) is 17.3. The number of nitrogens with zero attached hydrogens (tertiary/aromatic N) is 1. The fraction of sp³-hybridized carbons (Fsp3) is 0.559. The third-order valence-electron chi connectivity index (χ3n) is 7.91. The second-order valence-electron chi connectivity index (χ2n) is 11.0. The number of carbonyl (C=O) groups excluding carboxylic acids is 1. The van der Waals surface area contributed by atoms with Gasteiger partial charge in [-0.15, -0.1) is 0 Å². The van der Waals surface area contributed by atoms with Gasteiger partial charge in [-0.25, -0.2) is 0 Å². The first kappa shape index (κ1) is 30.6. The smallest absolute Gasteiger partial charge is 0.270 e. The van der Waals surface area contributed by atoms with Crippen LogP contribution in [0.3, 0.4) is 0 Å². The van der Waals surface area contributed by atoms with Gasteiger partial charge >= 0.3 is 0 Å². The van der Waals surface area contributed by atoms with Gasteiger partial charge in [0.05, 0.1) is 10.8 Å². The van der Waals surface area contributed by atoms with Gasteiger partial charge in [-0.2, -0.15) is 0 Å². The lowest BCUT2D eigenvalue weighted by Crippen LogP contribution is -2.23. The number of nitro groups is 1. The number of furan rings is 1. The molecule has 5 heteroatoms. The SMILES string of the molecule is CCCCCCCCCCCCCC(=O)C(CCCC)C(c1ccccc1)c1cc2cc([N+](=O)[O-])ccc2o1. The van der Waals surface area contributed by atoms with E-state index in [4.69, 9.17) is 4.42 Å². The number of ketones is 1. The summed E-state index contributed by atoms with van der Waals surface area (Å²) in [5.74, 6) is 0.639. The second-order valence-corrected chi connectivity index (χ2v) is 11.0. The number of non-ortho nitro benzene ring substituents is 1. The molecule has 3 rings (SSSR count). The Hall–Kier alpha value is -2.95. The van der Waals surface area contributed by atoms with E-state index in [1.54, 1.807) is 12.1 Å². The van der Waals surface area contributed by atoms with Crippen molar-refractivity contribution in [3.63, 3.8) is 0 Å². The van der Waals surface area contributed by atoms with Crippen LogP contribution in [-0.4, -0.2) is 10.7 Å². The summed E-state index contributed by atoms with van der Waals surface area (Å²) in [7, 11) is 0. The number of hydrogen-bond donors (Lipinski definition) is 0. The van der Waals surface area contributed by atoms with Crippen molar-refractivity contribution in [2.45, 2.75) is 116 Å². The number of hydrogen-bond acceptors (Lipinski definition) is 4. The predicted octanol–water partition coefficient (Wildman–Crippen LogP) is 10.5. The molecule has 0 amide bonds. The minimum absolute atomic E-state index is 0.0428. The van der Waals surface area contributed by atoms with Gasteiger partial charge in [0.25, 0.3) is 5.69 Å². The molecule has 2 aromatic carbocycles. The summed E-state index contributed by atoms with van der Waals surface area (Å²) >= 11 is 0. The van der Waals surface area contributed by atoms with Crippen LogP contribution < -0.4 is 0 Å². The van der Waals surface area contributed by atoms with Gasteiger partial charge in [0.2, 0.25) is 0 Å². The number of nitro benzene ring substituents is 1. The van der Waals surface area contributed by atoms with Crippen LogP contribution in [0.1, 0.15) is 127 Å². The largest absolute Gasteiger partial charge is 0.460 e. The van der Waals surface area contributed by atoms with Crippen LogP contribution in [-0.2, 0) is 4.79 Å². The summed E-state index contributed by atoms with van der Waals surface area (Å²) in [4.78, 5) is 24.6. The van der Waals surface area contributed by atoms with E-state index in [9.17, 15) is 14.9 Å². The standard InChI is InChI=1S/C34H47NO4/c1-3-5-7-8-9-10-11-12-13-14-18-22-31(36)30(21-6-4-2)34(27-19-16-15-17-20-27)33-26-28-25-29(35(37)38)23-24-32(28)39-33/h15-17,19-20,23-26,30,34H,3-14,18,21-22H2,1-2H3. The van der Waals surface area contributed by atoms with E-state index in [1.807, 2.05) is 24.3 Å².